The molecule has 33 heavy (non-hydrogen) atoms. The lowest BCUT2D eigenvalue weighted by Crippen LogP contribution is -2.81. The molecule has 1 saturated heterocycles. The quantitative estimate of drug-likeness (QED) is 0.303. The number of nitrogens with one attached hydrogen (secondary N) is 1. The van der Waals surface area contributed by atoms with Crippen LogP contribution in [0.4, 0.5) is 11.4 Å². The highest BCUT2D eigenvalue weighted by molar-refractivity contribution is 6.52. The molecule has 2 aromatic carbocycles. The molecule has 1 amide bonds. The van der Waals surface area contributed by atoms with Crippen LogP contribution in [-0.4, -0.2) is 75.3 Å². The van der Waals surface area contributed by atoms with Gasteiger partial charge in [-0.3, -0.25) is 9.79 Å². The maximum Gasteiger partial charge on any atom is 0.250 e. The second-order valence-electron chi connectivity index (χ2n) is 8.93. The van der Waals surface area contributed by atoms with E-state index in [9.17, 15) is 9.90 Å². The second kappa shape index (κ2) is 7.88. The molecule has 0 aliphatic carbocycles. The first-order chi connectivity index (χ1) is 15.0. The molecule has 0 spiro atoms. The van der Waals surface area contributed by atoms with Crippen LogP contribution in [0.15, 0.2) is 47.5 Å². The number of nitrogen functional groups attached to an aromatic ring is 1. The lowest BCUT2D eigenvalue weighted by atomic mass is 9.19. The number of carbonyl (C=O) groups excluding carboxylic acids is 1. The van der Waals surface area contributed by atoms with Gasteiger partial charge in [-0.15, -0.1) is 0 Å². The van der Waals surface area contributed by atoms with Crippen molar-refractivity contribution in [2.24, 2.45) is 10.7 Å². The molecule has 1 aliphatic heterocycles. The van der Waals surface area contributed by atoms with Crippen LogP contribution in [0, 0.1) is 0 Å². The van der Waals surface area contributed by atoms with Gasteiger partial charge in [-0.1, -0.05) is 48.6 Å². The standard InChI is InChI=1S/C21H20B6N4O2/c1-17(18(2,22)19(23,24)21(27,33)31-20(17,25)26)12-6-8-13(9-7-12)30-10-11-4-3-5-14(15(11)28)16(29)32/h3-10,31,33H,28H2,1-2H3,(H2,29,32). The third-order valence-electron chi connectivity index (χ3n) is 6.96. The number of benzene rings is 2. The fourth-order valence-electron chi connectivity index (χ4n) is 4.26. The Balaban J connectivity index is 1.99. The fourth-order valence-corrected chi connectivity index (χ4v) is 4.26. The molecular weight excluding hydrogens is 405 g/mol. The van der Waals surface area contributed by atoms with E-state index in [2.05, 4.69) is 10.3 Å². The summed E-state index contributed by atoms with van der Waals surface area (Å²) in [6.07, 6.45) is 1.52. The molecule has 3 atom stereocenters. The number of hydrogen-bond donors (Lipinski definition) is 4. The Hall–Kier alpha value is -2.31. The van der Waals surface area contributed by atoms with E-state index in [1.807, 2.05) is 0 Å². The molecule has 0 saturated carbocycles. The molecule has 1 fully saturated rings. The first-order valence-corrected chi connectivity index (χ1v) is 10.1. The predicted molar refractivity (Wildman–Crippen MR) is 137 cm³/mol. The second-order valence-corrected chi connectivity index (χ2v) is 8.93. The van der Waals surface area contributed by atoms with Crippen LogP contribution in [-0.2, 0) is 5.41 Å². The number of nitrogens with two attached hydrogens (primary N) is 2. The number of aliphatic hydroxyl groups is 1. The Labute approximate surface area is 202 Å². The van der Waals surface area contributed by atoms with Gasteiger partial charge in [0.05, 0.1) is 61.8 Å². The summed E-state index contributed by atoms with van der Waals surface area (Å²) < 4.78 is 0. The zero-order valence-electron chi connectivity index (χ0n) is 18.5. The predicted octanol–water partition coefficient (Wildman–Crippen LogP) is -0.415. The third-order valence-corrected chi connectivity index (χ3v) is 6.96. The normalized spacial score (nSPS) is 30.8. The first kappa shape index (κ1) is 25.3. The van der Waals surface area contributed by atoms with Crippen LogP contribution in [0.3, 0.4) is 0 Å². The minimum Gasteiger partial charge on any atom is -0.398 e. The maximum absolute atomic E-state index is 11.5. The highest BCUT2D eigenvalue weighted by Gasteiger charge is 2.65. The molecule has 2 aromatic rings. The number of piperidine rings is 1. The number of anilines is 1. The van der Waals surface area contributed by atoms with E-state index in [1.54, 1.807) is 43.3 Å². The Bertz CT molecular complexity index is 1120. The molecular formula is C21H20B6N4O2. The molecule has 1 aliphatic rings. The summed E-state index contributed by atoms with van der Waals surface area (Å²) in [7, 11) is 37.5. The van der Waals surface area contributed by atoms with Gasteiger partial charge >= 0.3 is 0 Å². The van der Waals surface area contributed by atoms with Gasteiger partial charge in [0.25, 0.3) is 5.91 Å². The first-order valence-electron chi connectivity index (χ1n) is 10.1. The molecule has 3 rings (SSSR count). The molecule has 12 heteroatoms. The number of nitrogens with zero attached hydrogens (tertiary/aromatic N) is 1. The van der Waals surface area contributed by atoms with Gasteiger partial charge in [0, 0.05) is 11.8 Å². The van der Waals surface area contributed by atoms with E-state index >= 15 is 0 Å². The average molecular weight is 425 g/mol. The lowest BCUT2D eigenvalue weighted by Gasteiger charge is -2.72. The van der Waals surface area contributed by atoms with Gasteiger partial charge in [-0.05, 0) is 34.5 Å². The van der Waals surface area contributed by atoms with Gasteiger partial charge in [0.15, 0.2) is 0 Å². The van der Waals surface area contributed by atoms with E-state index < -0.39 is 32.8 Å². The summed E-state index contributed by atoms with van der Waals surface area (Å²) in [5.41, 5.74) is 9.82. The van der Waals surface area contributed by atoms with Crippen molar-refractivity contribution in [3.63, 3.8) is 0 Å². The van der Waals surface area contributed by atoms with Crippen molar-refractivity contribution in [1.82, 2.24) is 5.32 Å². The topological polar surface area (TPSA) is 114 Å². The van der Waals surface area contributed by atoms with Crippen LogP contribution < -0.4 is 16.8 Å². The highest BCUT2D eigenvalue weighted by Crippen LogP contribution is 2.66. The minimum absolute atomic E-state index is 0.211. The van der Waals surface area contributed by atoms with E-state index in [0.29, 0.717) is 16.8 Å². The van der Waals surface area contributed by atoms with Crippen LogP contribution in [0.5, 0.6) is 0 Å². The van der Waals surface area contributed by atoms with Gasteiger partial charge in [0.1, 0.15) is 7.85 Å². The number of amides is 1. The van der Waals surface area contributed by atoms with Gasteiger partial charge in [-0.25, -0.2) is 0 Å². The van der Waals surface area contributed by atoms with E-state index in [4.69, 9.17) is 58.5 Å². The van der Waals surface area contributed by atoms with Crippen molar-refractivity contribution < 1.29 is 9.90 Å². The summed E-state index contributed by atoms with van der Waals surface area (Å²) >= 11 is 0. The summed E-state index contributed by atoms with van der Waals surface area (Å²) in [6.45, 7) is 3.21. The molecule has 154 valence electrons. The van der Waals surface area contributed by atoms with Crippen LogP contribution in [0.1, 0.15) is 35.3 Å². The number of aliphatic imine (C=N–C) groups is 1. The Morgan fingerprint density at radius 3 is 2.15 bits per heavy atom. The lowest BCUT2D eigenvalue weighted by molar-refractivity contribution is -0.0164. The van der Waals surface area contributed by atoms with Gasteiger partial charge in [0.2, 0.25) is 0 Å². The van der Waals surface area contributed by atoms with Crippen LogP contribution in [0.2, 0.25) is 10.5 Å². The highest BCUT2D eigenvalue weighted by atomic mass is 16.3. The fraction of sp³-hybridized carbons (Fsp3) is 0.333. The third kappa shape index (κ3) is 3.68. The Morgan fingerprint density at radius 2 is 1.61 bits per heavy atom. The van der Waals surface area contributed by atoms with Gasteiger partial charge in [-0.2, -0.15) is 0 Å². The van der Waals surface area contributed by atoms with E-state index in [-0.39, 0.29) is 11.3 Å². The number of carbonyl (C=O) groups is 1. The molecule has 0 aromatic heterocycles. The van der Waals surface area contributed by atoms with Crippen molar-refractivity contribution in [1.29, 1.82) is 0 Å². The molecule has 6 N–H and O–H groups in total. The molecule has 1 heterocycles. The number of para-hydroxylation sites is 1. The molecule has 3 unspecified atom stereocenters. The summed E-state index contributed by atoms with van der Waals surface area (Å²) in [5.74, 6) is -0.626. The molecule has 12 radical (unpaired) electrons. The zero-order valence-corrected chi connectivity index (χ0v) is 18.5. The van der Waals surface area contributed by atoms with Gasteiger partial charge < -0.3 is 21.9 Å². The van der Waals surface area contributed by atoms with Crippen molar-refractivity contribution in [2.75, 3.05) is 5.73 Å². The summed E-state index contributed by atoms with van der Waals surface area (Å²) in [6, 6.07) is 11.7. The van der Waals surface area contributed by atoms with Crippen LogP contribution >= 0.6 is 0 Å². The number of primary amides is 1. The van der Waals surface area contributed by atoms with E-state index in [1.165, 1.54) is 19.2 Å². The number of rotatable bonds is 4. The van der Waals surface area contributed by atoms with Crippen molar-refractivity contribution in [2.45, 2.75) is 40.8 Å². The van der Waals surface area contributed by atoms with Crippen molar-refractivity contribution in [3.8, 4) is 0 Å². The van der Waals surface area contributed by atoms with Crippen LogP contribution in [0.25, 0.3) is 0 Å². The van der Waals surface area contributed by atoms with Crippen molar-refractivity contribution >= 4 is 70.6 Å². The zero-order chi connectivity index (χ0) is 25.0. The minimum atomic E-state index is -2.34. The SMILES string of the molecule is [B]C1([B])NC([B])(O)C([B])([B])C([B])(C)C1(C)c1ccc(N=Cc2cccc(C(N)=O)c2N)cc1. The summed E-state index contributed by atoms with van der Waals surface area (Å²) in [5, 5.41) is 7.71. The maximum atomic E-state index is 11.5. The molecule has 6 nitrogen and oxygen atoms in total. The van der Waals surface area contributed by atoms with E-state index in [0.717, 1.165) is 0 Å². The summed E-state index contributed by atoms with van der Waals surface area (Å²) in [4.78, 5) is 15.9. The number of hydrogen-bond acceptors (Lipinski definition) is 5. The monoisotopic (exact) mass is 426 g/mol. The largest absolute Gasteiger partial charge is 0.398 e. The van der Waals surface area contributed by atoms with Crippen molar-refractivity contribution in [3.05, 3.63) is 59.2 Å². The Morgan fingerprint density at radius 1 is 1.03 bits per heavy atom. The smallest absolute Gasteiger partial charge is 0.250 e. The Kier molecular flexibility index (Phi) is 6.04. The average Bonchev–Trinajstić information content (AvgIpc) is 2.70. The molecule has 0 bridgehead atoms.